The molecule has 1 heterocycles. The molecule has 0 radical (unpaired) electrons. The van der Waals surface area contributed by atoms with Crippen LogP contribution in [0.25, 0.3) is 11.1 Å². The van der Waals surface area contributed by atoms with Gasteiger partial charge in [-0.2, -0.15) is 0 Å². The number of nitrogens with zero attached hydrogens (tertiary/aromatic N) is 1. The first kappa shape index (κ1) is 25.6. The van der Waals surface area contributed by atoms with Crippen molar-refractivity contribution >= 4 is 29.1 Å². The van der Waals surface area contributed by atoms with Crippen LogP contribution < -0.4 is 5.56 Å². The molecular weight excluding hydrogens is 478 g/mol. The number of carboxylic acid groups (broad SMARTS) is 1. The fourth-order valence-corrected chi connectivity index (χ4v) is 4.93. The van der Waals surface area contributed by atoms with Gasteiger partial charge in [-0.15, -0.1) is 0 Å². The van der Waals surface area contributed by atoms with Crippen molar-refractivity contribution in [3.8, 4) is 11.1 Å². The number of carboxylic acids is 1. The van der Waals surface area contributed by atoms with Crippen LogP contribution in [0.1, 0.15) is 71.0 Å². The zero-order chi connectivity index (χ0) is 26.0. The third-order valence-corrected chi connectivity index (χ3v) is 6.81. The van der Waals surface area contributed by atoms with Crippen LogP contribution in [-0.2, 0) is 17.6 Å². The van der Waals surface area contributed by atoms with E-state index in [2.05, 4.69) is 0 Å². The Balaban J connectivity index is 1.77. The minimum Gasteiger partial charge on any atom is -0.478 e. The standard InChI is InChI=1S/C29H28ClNO5/c1-17(2)12-25(27(33)13-18-6-8-20(9-7-18)29(35)36)31-16-24-23(15-28(31)34)22-14-21(30)11-10-19(22)4-3-5-26(24)32/h6-11,14-17,25H,3-5,12-13H2,1-2H3,(H,35,36). The zero-order valence-corrected chi connectivity index (χ0v) is 21.0. The van der Waals surface area contributed by atoms with Gasteiger partial charge in [-0.3, -0.25) is 14.4 Å². The molecule has 0 spiro atoms. The lowest BCUT2D eigenvalue weighted by molar-refractivity contribution is -0.122. The molecule has 7 heteroatoms. The van der Waals surface area contributed by atoms with E-state index in [0.717, 1.165) is 17.5 Å². The van der Waals surface area contributed by atoms with E-state index in [1.54, 1.807) is 24.4 Å². The van der Waals surface area contributed by atoms with E-state index in [-0.39, 0.29) is 35.0 Å². The van der Waals surface area contributed by atoms with Gasteiger partial charge in [-0.25, -0.2) is 4.79 Å². The van der Waals surface area contributed by atoms with E-state index >= 15 is 0 Å². The molecule has 0 saturated carbocycles. The van der Waals surface area contributed by atoms with Crippen LogP contribution in [-0.4, -0.2) is 27.2 Å². The summed E-state index contributed by atoms with van der Waals surface area (Å²) in [5.41, 5.74) is 3.24. The van der Waals surface area contributed by atoms with Gasteiger partial charge in [0.05, 0.1) is 11.6 Å². The molecule has 0 saturated heterocycles. The molecule has 186 valence electrons. The van der Waals surface area contributed by atoms with Crippen molar-refractivity contribution in [3.63, 3.8) is 0 Å². The normalized spacial score (nSPS) is 13.9. The number of aryl methyl sites for hydroxylation is 1. The summed E-state index contributed by atoms with van der Waals surface area (Å²) >= 11 is 6.25. The second-order valence-corrected chi connectivity index (χ2v) is 10.2. The number of hydrogen-bond donors (Lipinski definition) is 1. The molecule has 0 amide bonds. The number of hydrogen-bond acceptors (Lipinski definition) is 4. The summed E-state index contributed by atoms with van der Waals surface area (Å²) in [7, 11) is 0. The van der Waals surface area contributed by atoms with Crippen LogP contribution in [0.4, 0.5) is 0 Å². The van der Waals surface area contributed by atoms with Gasteiger partial charge in [0.25, 0.3) is 5.56 Å². The van der Waals surface area contributed by atoms with Crippen LogP contribution in [0.5, 0.6) is 0 Å². The second-order valence-electron chi connectivity index (χ2n) is 9.72. The van der Waals surface area contributed by atoms with Gasteiger partial charge in [-0.05, 0) is 71.7 Å². The highest BCUT2D eigenvalue weighted by molar-refractivity contribution is 6.31. The van der Waals surface area contributed by atoms with Crippen molar-refractivity contribution < 1.29 is 19.5 Å². The number of Topliss-reactive ketones (excluding diaryl/α,β-unsaturated/α-hetero) is 2. The maximum Gasteiger partial charge on any atom is 0.335 e. The molecule has 1 aromatic heterocycles. The highest BCUT2D eigenvalue weighted by atomic mass is 35.5. The third-order valence-electron chi connectivity index (χ3n) is 6.57. The number of aromatic carboxylic acids is 1. The Morgan fingerprint density at radius 1 is 0.972 bits per heavy atom. The highest BCUT2D eigenvalue weighted by Crippen LogP contribution is 2.33. The monoisotopic (exact) mass is 505 g/mol. The van der Waals surface area contributed by atoms with Gasteiger partial charge >= 0.3 is 5.97 Å². The Morgan fingerprint density at radius 3 is 2.36 bits per heavy atom. The Morgan fingerprint density at radius 2 is 1.69 bits per heavy atom. The predicted octanol–water partition coefficient (Wildman–Crippen LogP) is 5.78. The maximum atomic E-state index is 13.5. The summed E-state index contributed by atoms with van der Waals surface area (Å²) in [6, 6.07) is 12.4. The fourth-order valence-electron chi connectivity index (χ4n) is 4.76. The van der Waals surface area contributed by atoms with Crippen molar-refractivity contribution in [2.24, 2.45) is 5.92 Å². The SMILES string of the molecule is CC(C)CC(C(=O)Cc1ccc(C(=O)O)cc1)n1cc2c(cc1=O)-c1cc(Cl)ccc1CCCC2=O. The average Bonchev–Trinajstić information content (AvgIpc) is 2.82. The van der Waals surface area contributed by atoms with Gasteiger partial charge in [0.2, 0.25) is 0 Å². The van der Waals surface area contributed by atoms with E-state index in [1.165, 1.54) is 22.8 Å². The Labute approximate surface area is 214 Å². The molecule has 1 atom stereocenters. The van der Waals surface area contributed by atoms with E-state index in [9.17, 15) is 19.2 Å². The van der Waals surface area contributed by atoms with Crippen molar-refractivity contribution in [2.45, 2.75) is 52.0 Å². The molecular formula is C29H28ClNO5. The topological polar surface area (TPSA) is 93.4 Å². The number of ketones is 2. The summed E-state index contributed by atoms with van der Waals surface area (Å²) in [5.74, 6) is -1.15. The molecule has 1 N–H and O–H groups in total. The van der Waals surface area contributed by atoms with Crippen LogP contribution >= 0.6 is 11.6 Å². The molecule has 0 bridgehead atoms. The number of rotatable bonds is 7. The van der Waals surface area contributed by atoms with Crippen LogP contribution in [0.15, 0.2) is 59.5 Å². The smallest absolute Gasteiger partial charge is 0.335 e. The number of carbonyl (C=O) groups is 3. The zero-order valence-electron chi connectivity index (χ0n) is 20.3. The lowest BCUT2D eigenvalue weighted by Crippen LogP contribution is -2.32. The van der Waals surface area contributed by atoms with Crippen LogP contribution in [0.2, 0.25) is 5.02 Å². The van der Waals surface area contributed by atoms with Gasteiger partial charge in [0.1, 0.15) is 0 Å². The number of carbonyl (C=O) groups excluding carboxylic acids is 2. The number of benzene rings is 2. The number of halogens is 1. The number of aromatic nitrogens is 1. The minimum atomic E-state index is -1.04. The van der Waals surface area contributed by atoms with Crippen LogP contribution in [0, 0.1) is 5.92 Å². The van der Waals surface area contributed by atoms with Crippen molar-refractivity contribution in [1.29, 1.82) is 0 Å². The van der Waals surface area contributed by atoms with Gasteiger partial charge in [0.15, 0.2) is 11.6 Å². The molecule has 1 aliphatic carbocycles. The van der Waals surface area contributed by atoms with Gasteiger partial charge in [-0.1, -0.05) is 43.6 Å². The molecule has 1 aliphatic rings. The molecule has 6 nitrogen and oxygen atoms in total. The maximum absolute atomic E-state index is 13.5. The molecule has 0 fully saturated rings. The molecule has 0 aliphatic heterocycles. The lowest BCUT2D eigenvalue weighted by Gasteiger charge is -2.24. The summed E-state index contributed by atoms with van der Waals surface area (Å²) < 4.78 is 1.40. The quantitative estimate of drug-likeness (QED) is 0.439. The van der Waals surface area contributed by atoms with Gasteiger partial charge < -0.3 is 9.67 Å². The number of pyridine rings is 1. The third kappa shape index (κ3) is 5.49. The Hall–Kier alpha value is -3.51. The van der Waals surface area contributed by atoms with E-state index < -0.39 is 12.0 Å². The van der Waals surface area contributed by atoms with Crippen molar-refractivity contribution in [3.05, 3.63) is 92.4 Å². The summed E-state index contributed by atoms with van der Waals surface area (Å²) in [6.45, 7) is 3.95. The van der Waals surface area contributed by atoms with Gasteiger partial charge in [0, 0.05) is 35.7 Å². The molecule has 4 rings (SSSR count). The van der Waals surface area contributed by atoms with E-state index in [1.807, 2.05) is 26.0 Å². The first-order chi connectivity index (χ1) is 17.1. The first-order valence-electron chi connectivity index (χ1n) is 12.1. The molecule has 36 heavy (non-hydrogen) atoms. The van der Waals surface area contributed by atoms with Crippen LogP contribution in [0.3, 0.4) is 0 Å². The first-order valence-corrected chi connectivity index (χ1v) is 12.4. The Kier molecular flexibility index (Phi) is 7.55. The van der Waals surface area contributed by atoms with Crippen molar-refractivity contribution in [2.75, 3.05) is 0 Å². The highest BCUT2D eigenvalue weighted by Gasteiger charge is 2.27. The largest absolute Gasteiger partial charge is 0.478 e. The summed E-state index contributed by atoms with van der Waals surface area (Å²) in [5, 5.41) is 9.64. The van der Waals surface area contributed by atoms with E-state index in [0.29, 0.717) is 41.0 Å². The van der Waals surface area contributed by atoms with E-state index in [4.69, 9.17) is 16.7 Å². The fraction of sp³-hybridized carbons (Fsp3) is 0.310. The summed E-state index contributed by atoms with van der Waals surface area (Å²) in [4.78, 5) is 51.1. The molecule has 3 aromatic rings. The Bertz CT molecular complexity index is 1390. The van der Waals surface area contributed by atoms with Crippen molar-refractivity contribution in [1.82, 2.24) is 4.57 Å². The average molecular weight is 506 g/mol. The molecule has 1 unspecified atom stereocenters. The lowest BCUT2D eigenvalue weighted by atomic mass is 9.88. The second kappa shape index (κ2) is 10.6. The molecule has 2 aromatic carbocycles. The number of fused-ring (bicyclic) bond motifs is 3. The predicted molar refractivity (Wildman–Crippen MR) is 139 cm³/mol. The minimum absolute atomic E-state index is 0.0488. The summed E-state index contributed by atoms with van der Waals surface area (Å²) in [6.07, 6.45) is 3.79.